The fraction of sp³-hybridized carbons (Fsp3) is 0.950. The number of methoxy groups -OCH3 is 1. The molecule has 3 saturated heterocycles. The second kappa shape index (κ2) is 18.9. The van der Waals surface area contributed by atoms with Crippen molar-refractivity contribution < 1.29 is 63.2 Å². The first-order valence-electron chi connectivity index (χ1n) is 19.9. The molecule has 0 radical (unpaired) electrons. The monoisotopic (exact) mass is 776 g/mol. The molecule has 14 heteroatoms. The minimum absolute atomic E-state index is 0.0731. The van der Waals surface area contributed by atoms with E-state index < -0.39 is 95.9 Å². The quantitative estimate of drug-likeness (QED) is 0.263. The molecule has 0 aliphatic carbocycles. The fourth-order valence-corrected chi connectivity index (χ4v) is 8.97. The van der Waals surface area contributed by atoms with Crippen LogP contribution in [0.1, 0.15) is 115 Å². The van der Waals surface area contributed by atoms with Gasteiger partial charge in [0.15, 0.2) is 18.7 Å². The van der Waals surface area contributed by atoms with Crippen LogP contribution in [-0.2, 0) is 42.7 Å². The number of cyclic esters (lactones) is 1. The van der Waals surface area contributed by atoms with Crippen LogP contribution in [0.4, 0.5) is 0 Å². The van der Waals surface area contributed by atoms with Crippen LogP contribution in [0.2, 0.25) is 0 Å². The minimum Gasteiger partial charge on any atom is -0.459 e. The summed E-state index contributed by atoms with van der Waals surface area (Å²) in [4.78, 5) is 28.7. The number of ether oxygens (including phenoxy) is 7. The molecule has 0 aromatic carbocycles. The van der Waals surface area contributed by atoms with Crippen molar-refractivity contribution in [1.82, 2.24) is 4.90 Å². The van der Waals surface area contributed by atoms with E-state index >= 15 is 0 Å². The Hall–Kier alpha value is -1.46. The molecule has 316 valence electrons. The van der Waals surface area contributed by atoms with Crippen molar-refractivity contribution in [3.63, 3.8) is 0 Å². The molecule has 3 unspecified atom stereocenters. The molecule has 0 spiro atoms. The number of aliphatic hydroxyl groups is 4. The van der Waals surface area contributed by atoms with E-state index in [0.29, 0.717) is 19.3 Å². The van der Waals surface area contributed by atoms with Gasteiger partial charge in [0.25, 0.3) is 0 Å². The first-order valence-corrected chi connectivity index (χ1v) is 19.9. The Balaban J connectivity index is 2.20. The van der Waals surface area contributed by atoms with Crippen LogP contribution in [0.3, 0.4) is 0 Å². The molecule has 3 aliphatic heterocycles. The molecule has 18 atom stereocenters. The van der Waals surface area contributed by atoms with Crippen LogP contribution in [0.5, 0.6) is 0 Å². The van der Waals surface area contributed by atoms with Gasteiger partial charge in [0.1, 0.15) is 17.8 Å². The molecule has 0 aromatic heterocycles. The smallest absolute Gasteiger partial charge is 0.311 e. The highest BCUT2D eigenvalue weighted by atomic mass is 16.7. The molecule has 54 heavy (non-hydrogen) atoms. The largest absolute Gasteiger partial charge is 0.459 e. The molecule has 3 aliphatic rings. The van der Waals surface area contributed by atoms with Crippen molar-refractivity contribution >= 4 is 11.9 Å². The second-order valence-corrected chi connectivity index (χ2v) is 17.6. The SMILES string of the molecule is CC[C@H]1OC(=O)[C@H](C)[C@@H](O[C@H]2C[C@@](C)(OC)C(O)[C@H](C)O2)[C@H](C)[C@@H](O[C@@H]2O[C@H](C)C[C@H](N(C)C)[C@H]2OC(C)=O)C(C)(O)C[C@@H](C)CC[C@H](C)[C@@H](O)C1(C)O. The Labute approximate surface area is 323 Å². The lowest BCUT2D eigenvalue weighted by molar-refractivity contribution is -0.318. The third-order valence-corrected chi connectivity index (χ3v) is 12.4. The first-order chi connectivity index (χ1) is 24.9. The van der Waals surface area contributed by atoms with E-state index in [0.717, 1.165) is 0 Å². The number of aliphatic hydroxyl groups excluding tert-OH is 2. The van der Waals surface area contributed by atoms with Gasteiger partial charge in [-0.05, 0) is 93.2 Å². The lowest BCUT2D eigenvalue weighted by Crippen LogP contribution is -2.61. The number of esters is 2. The maximum atomic E-state index is 14.2. The van der Waals surface area contributed by atoms with Gasteiger partial charge in [-0.3, -0.25) is 9.59 Å². The number of likely N-dealkylation sites (N-methyl/N-ethyl adjacent to an activating group) is 1. The molecule has 3 rings (SSSR count). The summed E-state index contributed by atoms with van der Waals surface area (Å²) in [7, 11) is 5.30. The highest BCUT2D eigenvalue weighted by Crippen LogP contribution is 2.41. The van der Waals surface area contributed by atoms with Crippen LogP contribution in [0, 0.1) is 23.7 Å². The number of rotatable bonds is 8. The fourth-order valence-electron chi connectivity index (χ4n) is 8.97. The molecular weight excluding hydrogens is 702 g/mol. The zero-order valence-electron chi connectivity index (χ0n) is 35.3. The maximum absolute atomic E-state index is 14.2. The van der Waals surface area contributed by atoms with Crippen molar-refractivity contribution in [3.05, 3.63) is 0 Å². The molecule has 3 heterocycles. The van der Waals surface area contributed by atoms with Crippen LogP contribution < -0.4 is 0 Å². The van der Waals surface area contributed by atoms with Crippen molar-refractivity contribution in [2.75, 3.05) is 21.2 Å². The number of carbonyl (C=O) groups excluding carboxylic acids is 2. The van der Waals surface area contributed by atoms with E-state index in [9.17, 15) is 30.0 Å². The van der Waals surface area contributed by atoms with Crippen LogP contribution in [-0.4, -0.2) is 143 Å². The summed E-state index contributed by atoms with van der Waals surface area (Å²) in [5.41, 5.74) is -4.34. The van der Waals surface area contributed by atoms with Gasteiger partial charge in [0.2, 0.25) is 0 Å². The zero-order valence-corrected chi connectivity index (χ0v) is 35.3. The Morgan fingerprint density at radius 1 is 0.926 bits per heavy atom. The van der Waals surface area contributed by atoms with Gasteiger partial charge >= 0.3 is 11.9 Å². The Bertz CT molecular complexity index is 1220. The predicted octanol–water partition coefficient (Wildman–Crippen LogP) is 3.57. The summed E-state index contributed by atoms with van der Waals surface area (Å²) in [5, 5.41) is 46.6. The summed E-state index contributed by atoms with van der Waals surface area (Å²) in [6, 6.07) is -0.257. The average Bonchev–Trinajstić information content (AvgIpc) is 3.08. The normalized spacial score (nSPS) is 47.7. The van der Waals surface area contributed by atoms with Gasteiger partial charge < -0.3 is 58.5 Å². The molecule has 4 N–H and O–H groups in total. The van der Waals surface area contributed by atoms with Crippen molar-refractivity contribution in [2.24, 2.45) is 23.7 Å². The third-order valence-electron chi connectivity index (χ3n) is 12.4. The summed E-state index contributed by atoms with van der Waals surface area (Å²) in [5.74, 6) is -3.40. The van der Waals surface area contributed by atoms with E-state index in [4.69, 9.17) is 33.2 Å². The van der Waals surface area contributed by atoms with Gasteiger partial charge in [-0.2, -0.15) is 0 Å². The number of carbonyl (C=O) groups is 2. The molecule has 3 fully saturated rings. The first kappa shape index (κ1) is 46.9. The van der Waals surface area contributed by atoms with E-state index in [1.54, 1.807) is 34.6 Å². The van der Waals surface area contributed by atoms with E-state index in [1.807, 2.05) is 46.7 Å². The van der Waals surface area contributed by atoms with Gasteiger partial charge in [0.05, 0.1) is 53.7 Å². The topological polar surface area (TPSA) is 183 Å². The molecule has 0 aromatic rings. The Morgan fingerprint density at radius 3 is 2.11 bits per heavy atom. The summed E-state index contributed by atoms with van der Waals surface area (Å²) >= 11 is 0. The summed E-state index contributed by atoms with van der Waals surface area (Å²) in [6.07, 6.45) is -6.80. The van der Waals surface area contributed by atoms with Crippen LogP contribution in [0.25, 0.3) is 0 Å². The van der Waals surface area contributed by atoms with Crippen molar-refractivity contribution in [3.8, 4) is 0 Å². The van der Waals surface area contributed by atoms with Crippen molar-refractivity contribution in [1.29, 1.82) is 0 Å². The summed E-state index contributed by atoms with van der Waals surface area (Å²) in [6.45, 7) is 19.0. The van der Waals surface area contributed by atoms with E-state index in [1.165, 1.54) is 21.0 Å². The molecule has 0 amide bonds. The highest BCUT2D eigenvalue weighted by molar-refractivity contribution is 5.73. The second-order valence-electron chi connectivity index (χ2n) is 17.6. The number of hydrogen-bond donors (Lipinski definition) is 4. The number of nitrogens with zero attached hydrogens (tertiary/aromatic N) is 1. The summed E-state index contributed by atoms with van der Waals surface area (Å²) < 4.78 is 43.8. The minimum atomic E-state index is -1.76. The molecule has 14 nitrogen and oxygen atoms in total. The Kier molecular flexibility index (Phi) is 16.4. The van der Waals surface area contributed by atoms with Gasteiger partial charge in [-0.1, -0.05) is 34.1 Å². The standard InChI is InChI=1S/C40H73NO13/c1-15-29-40(11,47)33(43)22(3)17-16-21(2)19-38(9,46)35(54-37-32(51-27(8)42)28(41(12)13)18-23(4)49-37)24(5)31(25(6)36(45)52-29)53-30-20-39(10,48-14)34(44)26(7)50-30/h21-26,28-35,37,43-44,46-47H,15-20H2,1-14H3/t21-,22-,23+,24-,25+,26-,28-,29+,30-,31-,32+,33+,34?,35+,37-,38?,39+,40?/m0/s1. The Morgan fingerprint density at radius 2 is 1.56 bits per heavy atom. The highest BCUT2D eigenvalue weighted by Gasteiger charge is 2.53. The zero-order chi connectivity index (χ0) is 41.1. The molecular formula is C40H73NO13. The predicted molar refractivity (Wildman–Crippen MR) is 200 cm³/mol. The maximum Gasteiger partial charge on any atom is 0.311 e. The average molecular weight is 776 g/mol. The van der Waals surface area contributed by atoms with Gasteiger partial charge in [-0.25, -0.2) is 0 Å². The molecule has 0 bridgehead atoms. The number of hydrogen-bond acceptors (Lipinski definition) is 14. The van der Waals surface area contributed by atoms with E-state index in [2.05, 4.69) is 0 Å². The van der Waals surface area contributed by atoms with Gasteiger partial charge in [-0.15, -0.1) is 0 Å². The van der Waals surface area contributed by atoms with Crippen LogP contribution in [0.15, 0.2) is 0 Å². The van der Waals surface area contributed by atoms with Gasteiger partial charge in [0, 0.05) is 26.4 Å². The van der Waals surface area contributed by atoms with Crippen molar-refractivity contribution in [2.45, 2.75) is 199 Å². The third kappa shape index (κ3) is 10.9. The lowest BCUT2D eigenvalue weighted by Gasteiger charge is -2.49. The van der Waals surface area contributed by atoms with E-state index in [-0.39, 0.29) is 43.2 Å². The van der Waals surface area contributed by atoms with Crippen LogP contribution >= 0.6 is 0 Å². The lowest BCUT2D eigenvalue weighted by atomic mass is 9.76. The molecule has 0 saturated carbocycles.